The molecule has 37 heavy (non-hydrogen) atoms. The van der Waals surface area contributed by atoms with Crippen molar-refractivity contribution in [3.05, 3.63) is 80.5 Å². The maximum atomic E-state index is 12.1. The number of hydrogen-bond acceptors (Lipinski definition) is 4. The molecule has 0 unspecified atom stereocenters. The van der Waals surface area contributed by atoms with Crippen LogP contribution in [-0.4, -0.2) is 19.6 Å². The van der Waals surface area contributed by atoms with Gasteiger partial charge in [-0.3, -0.25) is 4.55 Å². The van der Waals surface area contributed by atoms with E-state index < -0.39 is 10.4 Å². The summed E-state index contributed by atoms with van der Waals surface area (Å²) < 4.78 is 45.9. The molecule has 6 heteroatoms. The van der Waals surface area contributed by atoms with Gasteiger partial charge in [0.15, 0.2) is 5.75 Å². The third-order valence-corrected chi connectivity index (χ3v) is 5.97. The van der Waals surface area contributed by atoms with E-state index in [9.17, 15) is 13.0 Å². The Morgan fingerprint density at radius 1 is 0.568 bits per heavy atom. The molecule has 0 saturated carbocycles. The van der Waals surface area contributed by atoms with Gasteiger partial charge in [-0.2, -0.15) is 8.42 Å². The summed E-state index contributed by atoms with van der Waals surface area (Å²) in [7, 11) is -4.76. The topological polar surface area (TPSA) is 72.8 Å². The van der Waals surface area contributed by atoms with Gasteiger partial charge in [-0.05, 0) is 101 Å². The van der Waals surface area contributed by atoms with Gasteiger partial charge in [0.25, 0.3) is 0 Å². The van der Waals surface area contributed by atoms with E-state index in [0.717, 1.165) is 44.7 Å². The van der Waals surface area contributed by atoms with Crippen LogP contribution in [0.3, 0.4) is 0 Å². The number of benzene rings is 1. The molecule has 1 rings (SSSR count). The zero-order valence-electron chi connectivity index (χ0n) is 24.4. The number of allylic oxidation sites excluding steroid dienone is 9. The summed E-state index contributed by atoms with van der Waals surface area (Å²) in [6.07, 6.45) is 12.3. The van der Waals surface area contributed by atoms with Crippen molar-refractivity contribution in [1.29, 1.82) is 0 Å². The lowest BCUT2D eigenvalue weighted by Crippen LogP contribution is -2.15. The van der Waals surface area contributed by atoms with Crippen LogP contribution in [-0.2, 0) is 36.1 Å². The first-order valence-electron chi connectivity index (χ1n) is 12.8. The van der Waals surface area contributed by atoms with Crippen LogP contribution in [0.15, 0.2) is 58.2 Å². The van der Waals surface area contributed by atoms with Gasteiger partial charge in [0.2, 0.25) is 0 Å². The van der Waals surface area contributed by atoms with E-state index in [0.29, 0.717) is 43.4 Å². The van der Waals surface area contributed by atoms with Crippen LogP contribution in [0.5, 0.6) is 11.5 Å². The summed E-state index contributed by atoms with van der Waals surface area (Å²) in [5, 5.41) is 0. The number of ether oxygens (including phenoxy) is 1. The molecule has 5 nitrogen and oxygen atoms in total. The molecule has 0 aliphatic heterocycles. The Labute approximate surface area is 225 Å². The Morgan fingerprint density at radius 3 is 1.14 bits per heavy atom. The molecule has 0 bridgehead atoms. The molecule has 0 fully saturated rings. The van der Waals surface area contributed by atoms with E-state index in [4.69, 9.17) is 8.92 Å². The van der Waals surface area contributed by atoms with Crippen LogP contribution in [0, 0.1) is 0 Å². The van der Waals surface area contributed by atoms with E-state index in [2.05, 4.69) is 12.2 Å². The quantitative estimate of drug-likeness (QED) is 0.205. The minimum atomic E-state index is -4.76. The summed E-state index contributed by atoms with van der Waals surface area (Å²) in [4.78, 5) is 0. The predicted octanol–water partition coefficient (Wildman–Crippen LogP) is 8.25. The second-order valence-corrected chi connectivity index (χ2v) is 11.6. The van der Waals surface area contributed by atoms with E-state index in [1.807, 2.05) is 87.5 Å². The van der Waals surface area contributed by atoms with Gasteiger partial charge in [-0.1, -0.05) is 52.2 Å². The van der Waals surface area contributed by atoms with Crippen molar-refractivity contribution in [1.82, 2.24) is 0 Å². The van der Waals surface area contributed by atoms with Gasteiger partial charge < -0.3 is 8.92 Å². The first kappa shape index (κ1) is 32.5. The Balaban J connectivity index is 4.31. The zero-order valence-corrected chi connectivity index (χ0v) is 25.2. The monoisotopic (exact) mass is 530 g/mol. The Hall–Kier alpha value is -2.57. The second-order valence-electron chi connectivity index (χ2n) is 10.6. The van der Waals surface area contributed by atoms with Crippen LogP contribution in [0.1, 0.15) is 91.5 Å². The van der Waals surface area contributed by atoms with Crippen molar-refractivity contribution in [2.45, 2.75) is 94.9 Å². The van der Waals surface area contributed by atoms with Gasteiger partial charge in [0.05, 0.1) is 0 Å². The summed E-state index contributed by atoms with van der Waals surface area (Å²) in [6.45, 7) is 20.6. The molecule has 0 aliphatic carbocycles. The molecule has 0 atom stereocenters. The maximum Gasteiger partial charge on any atom is 0.446 e. The van der Waals surface area contributed by atoms with E-state index >= 15 is 0 Å². The minimum Gasteiger partial charge on any atom is -0.489 e. The Morgan fingerprint density at radius 2 is 0.865 bits per heavy atom. The smallest absolute Gasteiger partial charge is 0.446 e. The minimum absolute atomic E-state index is 0.196. The van der Waals surface area contributed by atoms with Crippen molar-refractivity contribution in [3.63, 3.8) is 0 Å². The highest BCUT2D eigenvalue weighted by molar-refractivity contribution is 7.81. The zero-order chi connectivity index (χ0) is 28.3. The fourth-order valence-corrected chi connectivity index (χ4v) is 4.08. The van der Waals surface area contributed by atoms with Gasteiger partial charge in [0, 0.05) is 22.3 Å². The Bertz CT molecular complexity index is 1120. The molecule has 1 aromatic carbocycles. The molecular weight excluding hydrogens is 484 g/mol. The van der Waals surface area contributed by atoms with E-state index in [-0.39, 0.29) is 5.75 Å². The lowest BCUT2D eigenvalue weighted by Gasteiger charge is -2.25. The number of hydrogen-bond donors (Lipinski definition) is 1. The first-order valence-corrected chi connectivity index (χ1v) is 14.1. The van der Waals surface area contributed by atoms with E-state index in [1.165, 1.54) is 0 Å². The van der Waals surface area contributed by atoms with Crippen molar-refractivity contribution in [2.75, 3.05) is 6.61 Å². The maximum absolute atomic E-state index is 12.1. The largest absolute Gasteiger partial charge is 0.489 e. The molecule has 1 aromatic rings. The molecule has 206 valence electrons. The molecule has 0 heterocycles. The second kappa shape index (κ2) is 15.0. The fraction of sp³-hybridized carbons (Fsp3) is 0.484. The van der Waals surface area contributed by atoms with Crippen LogP contribution < -0.4 is 8.92 Å². The van der Waals surface area contributed by atoms with Crippen LogP contribution in [0.4, 0.5) is 0 Å². The normalized spacial score (nSPS) is 10.8. The van der Waals surface area contributed by atoms with E-state index in [1.54, 1.807) is 0 Å². The third-order valence-electron chi connectivity index (χ3n) is 5.59. The van der Waals surface area contributed by atoms with Crippen molar-refractivity contribution < 1.29 is 21.9 Å². The predicted molar refractivity (Wildman–Crippen MR) is 156 cm³/mol. The lowest BCUT2D eigenvalue weighted by atomic mass is 9.87. The molecule has 0 aliphatic rings. The van der Waals surface area contributed by atoms with Gasteiger partial charge in [-0.15, -0.1) is 0 Å². The van der Waals surface area contributed by atoms with Crippen LogP contribution in [0.25, 0.3) is 0 Å². The SMILES string of the molecule is CC(C)=CCOc1c(CC=C(C)C)c(CC=C(C)C)c(OS(=O)(=O)O)c(CC=C(C)C)c1CC=C(C)C. The molecule has 0 radical (unpaired) electrons. The lowest BCUT2D eigenvalue weighted by molar-refractivity contribution is 0.351. The molecular formula is C31H46O5S. The molecule has 0 saturated heterocycles. The highest BCUT2D eigenvalue weighted by Gasteiger charge is 2.27. The van der Waals surface area contributed by atoms with Crippen molar-refractivity contribution in [3.8, 4) is 11.5 Å². The van der Waals surface area contributed by atoms with Gasteiger partial charge >= 0.3 is 10.4 Å². The van der Waals surface area contributed by atoms with Gasteiger partial charge in [-0.25, -0.2) is 0 Å². The van der Waals surface area contributed by atoms with Crippen LogP contribution in [0.2, 0.25) is 0 Å². The Kier molecular flexibility index (Phi) is 13.2. The standard InChI is InChI=1S/C31H46O5S/c1-21(2)11-15-26-28(17-13-23(5)6)31(36-37(32,33)34)29(18-14-24(7)8)27(16-12-22(3)4)30(26)35-20-19-25(9)10/h11-14,19H,15-18,20H2,1-10H3,(H,32,33,34). The average molecular weight is 531 g/mol. The van der Waals surface area contributed by atoms with Gasteiger partial charge in [0.1, 0.15) is 12.4 Å². The highest BCUT2D eigenvalue weighted by Crippen LogP contribution is 2.42. The third kappa shape index (κ3) is 12.0. The number of rotatable bonds is 13. The summed E-state index contributed by atoms with van der Waals surface area (Å²) >= 11 is 0. The van der Waals surface area contributed by atoms with Crippen LogP contribution >= 0.6 is 0 Å². The summed E-state index contributed by atoms with van der Waals surface area (Å²) in [5.74, 6) is 0.950. The molecule has 1 N–H and O–H groups in total. The molecule has 0 amide bonds. The molecule has 0 spiro atoms. The highest BCUT2D eigenvalue weighted by atomic mass is 32.3. The summed E-state index contributed by atoms with van der Waals surface area (Å²) in [5.41, 5.74) is 8.78. The summed E-state index contributed by atoms with van der Waals surface area (Å²) in [6, 6.07) is 0. The average Bonchev–Trinajstić information content (AvgIpc) is 2.73. The van der Waals surface area contributed by atoms with Crippen molar-refractivity contribution in [2.24, 2.45) is 0 Å². The fourth-order valence-electron chi connectivity index (χ4n) is 3.67. The van der Waals surface area contributed by atoms with Crippen molar-refractivity contribution >= 4 is 10.4 Å². The molecule has 0 aromatic heterocycles. The first-order chi connectivity index (χ1) is 17.1.